The molecule has 0 saturated heterocycles. The zero-order chi connectivity index (χ0) is 15.0. The van der Waals surface area contributed by atoms with Crippen molar-refractivity contribution in [3.8, 4) is 0 Å². The lowest BCUT2D eigenvalue weighted by atomic mass is 10.1. The Hall–Kier alpha value is -2.31. The van der Waals surface area contributed by atoms with Crippen molar-refractivity contribution in [2.75, 3.05) is 0 Å². The Bertz CT molecular complexity index is 848. The largest absolute Gasteiger partial charge is 0.313 e. The van der Waals surface area contributed by atoms with Crippen molar-refractivity contribution in [1.29, 1.82) is 0 Å². The number of aromatic nitrogens is 6. The fraction of sp³-hybridized carbons (Fsp3) is 0.500. The highest BCUT2D eigenvalue weighted by atomic mass is 16.1. The molecule has 0 amide bonds. The third-order valence-corrected chi connectivity index (χ3v) is 3.48. The van der Waals surface area contributed by atoms with Crippen LogP contribution in [0.25, 0.3) is 16.8 Å². The zero-order valence-electron chi connectivity index (χ0n) is 12.4. The van der Waals surface area contributed by atoms with Crippen LogP contribution in [0.3, 0.4) is 0 Å². The highest BCUT2D eigenvalue weighted by molar-refractivity contribution is 5.74. The average Bonchev–Trinajstić information content (AvgIpc) is 2.89. The highest BCUT2D eigenvalue weighted by Gasteiger charge is 2.12. The molecule has 3 aromatic heterocycles. The molecule has 0 aliphatic carbocycles. The van der Waals surface area contributed by atoms with Crippen molar-refractivity contribution in [1.82, 2.24) is 29.4 Å². The van der Waals surface area contributed by atoms with E-state index in [1.807, 2.05) is 13.0 Å². The third kappa shape index (κ3) is 2.39. The molecule has 3 heterocycles. The Balaban J connectivity index is 2.16. The molecule has 0 spiro atoms. The number of hydrogen-bond donors (Lipinski definition) is 0. The number of aryl methyl sites for hydroxylation is 2. The molecule has 7 nitrogen and oxygen atoms in total. The van der Waals surface area contributed by atoms with Crippen molar-refractivity contribution in [2.24, 2.45) is 5.92 Å². The fourth-order valence-corrected chi connectivity index (χ4v) is 2.21. The molecule has 0 atom stereocenters. The zero-order valence-corrected chi connectivity index (χ0v) is 12.4. The van der Waals surface area contributed by atoms with E-state index in [2.05, 4.69) is 34.1 Å². The van der Waals surface area contributed by atoms with E-state index < -0.39 is 0 Å². The summed E-state index contributed by atoms with van der Waals surface area (Å²) < 4.78 is 3.27. The molecular weight excluding hydrogens is 268 g/mol. The summed E-state index contributed by atoms with van der Waals surface area (Å²) in [7, 11) is 0. The predicted molar refractivity (Wildman–Crippen MR) is 79.2 cm³/mol. The predicted octanol–water partition coefficient (Wildman–Crippen LogP) is 1.44. The highest BCUT2D eigenvalue weighted by Crippen LogP contribution is 2.09. The van der Waals surface area contributed by atoms with E-state index in [0.717, 1.165) is 12.8 Å². The molecule has 0 aromatic carbocycles. The summed E-state index contributed by atoms with van der Waals surface area (Å²) in [4.78, 5) is 16.7. The fourth-order valence-electron chi connectivity index (χ4n) is 2.21. The van der Waals surface area contributed by atoms with Crippen molar-refractivity contribution in [3.63, 3.8) is 0 Å². The van der Waals surface area contributed by atoms with E-state index in [-0.39, 0.29) is 5.56 Å². The van der Waals surface area contributed by atoms with Gasteiger partial charge in [-0.2, -0.15) is 9.50 Å². The Labute approximate surface area is 121 Å². The Morgan fingerprint density at radius 1 is 1.29 bits per heavy atom. The van der Waals surface area contributed by atoms with Gasteiger partial charge >= 0.3 is 0 Å². The molecule has 110 valence electrons. The van der Waals surface area contributed by atoms with Crippen molar-refractivity contribution in [3.05, 3.63) is 28.4 Å². The van der Waals surface area contributed by atoms with Crippen molar-refractivity contribution < 1.29 is 0 Å². The first-order valence-corrected chi connectivity index (χ1v) is 7.21. The van der Waals surface area contributed by atoms with E-state index >= 15 is 0 Å². The number of pyridine rings is 1. The SMILES string of the molecule is CCc1nc2nnc3c(=O)n(CCC(C)C)ccc3n2n1. The van der Waals surface area contributed by atoms with Crippen LogP contribution in [0.4, 0.5) is 0 Å². The molecular formula is C14H18N6O. The maximum atomic E-state index is 12.5. The van der Waals surface area contributed by atoms with Gasteiger partial charge < -0.3 is 4.57 Å². The normalized spacial score (nSPS) is 11.8. The van der Waals surface area contributed by atoms with Crippen LogP contribution in [-0.4, -0.2) is 29.4 Å². The standard InChI is InChI=1S/C14H18N6O/c1-4-11-15-14-17-16-12-10(20(14)18-11)6-8-19(13(12)21)7-5-9(2)3/h6,8-9H,4-5,7H2,1-3H3. The van der Waals surface area contributed by atoms with Crippen LogP contribution in [0.2, 0.25) is 0 Å². The van der Waals surface area contributed by atoms with E-state index in [1.54, 1.807) is 15.3 Å². The van der Waals surface area contributed by atoms with Gasteiger partial charge in [-0.15, -0.1) is 15.3 Å². The molecule has 3 rings (SSSR count). The van der Waals surface area contributed by atoms with E-state index in [1.165, 1.54) is 0 Å². The summed E-state index contributed by atoms with van der Waals surface area (Å²) in [5.74, 6) is 1.67. The van der Waals surface area contributed by atoms with Gasteiger partial charge in [-0.25, -0.2) is 0 Å². The molecule has 0 saturated carbocycles. The van der Waals surface area contributed by atoms with Gasteiger partial charge in [0, 0.05) is 19.2 Å². The van der Waals surface area contributed by atoms with E-state index in [9.17, 15) is 4.79 Å². The summed E-state index contributed by atoms with van der Waals surface area (Å²) in [5, 5.41) is 12.4. The Kier molecular flexibility index (Phi) is 3.40. The van der Waals surface area contributed by atoms with Gasteiger partial charge in [0.15, 0.2) is 11.3 Å². The van der Waals surface area contributed by atoms with Gasteiger partial charge in [0.25, 0.3) is 11.3 Å². The smallest absolute Gasteiger partial charge is 0.280 e. The Morgan fingerprint density at radius 2 is 2.10 bits per heavy atom. The summed E-state index contributed by atoms with van der Waals surface area (Å²) in [6.45, 7) is 6.93. The minimum absolute atomic E-state index is 0.129. The molecule has 0 unspecified atom stereocenters. The van der Waals surface area contributed by atoms with Gasteiger partial charge in [-0.1, -0.05) is 20.8 Å². The average molecular weight is 286 g/mol. The second-order valence-corrected chi connectivity index (χ2v) is 5.52. The molecule has 0 bridgehead atoms. The number of fused-ring (bicyclic) bond motifs is 3. The Morgan fingerprint density at radius 3 is 2.81 bits per heavy atom. The van der Waals surface area contributed by atoms with Gasteiger partial charge in [0.1, 0.15) is 5.52 Å². The molecule has 21 heavy (non-hydrogen) atoms. The van der Waals surface area contributed by atoms with Crippen LogP contribution in [0, 0.1) is 5.92 Å². The first kappa shape index (κ1) is 13.7. The first-order chi connectivity index (χ1) is 10.1. The summed E-state index contributed by atoms with van der Waals surface area (Å²) in [6.07, 6.45) is 3.46. The minimum Gasteiger partial charge on any atom is -0.313 e. The van der Waals surface area contributed by atoms with Gasteiger partial charge in [0.2, 0.25) is 0 Å². The molecule has 7 heteroatoms. The summed E-state index contributed by atoms with van der Waals surface area (Å²) >= 11 is 0. The van der Waals surface area contributed by atoms with Gasteiger partial charge in [-0.05, 0) is 18.4 Å². The van der Waals surface area contributed by atoms with Gasteiger partial charge in [0.05, 0.1) is 0 Å². The monoisotopic (exact) mass is 286 g/mol. The lowest BCUT2D eigenvalue weighted by Crippen LogP contribution is -2.22. The molecule has 0 radical (unpaired) electrons. The number of hydrogen-bond acceptors (Lipinski definition) is 5. The third-order valence-electron chi connectivity index (χ3n) is 3.48. The maximum absolute atomic E-state index is 12.5. The van der Waals surface area contributed by atoms with Crippen LogP contribution >= 0.6 is 0 Å². The molecule has 0 aliphatic rings. The van der Waals surface area contributed by atoms with Crippen molar-refractivity contribution >= 4 is 16.8 Å². The lowest BCUT2D eigenvalue weighted by Gasteiger charge is -2.08. The summed E-state index contributed by atoms with van der Waals surface area (Å²) in [6, 6.07) is 1.85. The molecule has 0 aliphatic heterocycles. The second kappa shape index (κ2) is 5.23. The van der Waals surface area contributed by atoms with Crippen LogP contribution in [-0.2, 0) is 13.0 Å². The minimum atomic E-state index is -0.129. The maximum Gasteiger partial charge on any atom is 0.280 e. The second-order valence-electron chi connectivity index (χ2n) is 5.52. The van der Waals surface area contributed by atoms with Crippen molar-refractivity contribution in [2.45, 2.75) is 40.2 Å². The van der Waals surface area contributed by atoms with Crippen LogP contribution in [0.5, 0.6) is 0 Å². The quantitative estimate of drug-likeness (QED) is 0.725. The summed E-state index contributed by atoms with van der Waals surface area (Å²) in [5.41, 5.74) is 0.857. The number of nitrogens with zero attached hydrogens (tertiary/aromatic N) is 6. The molecule has 0 N–H and O–H groups in total. The van der Waals surface area contributed by atoms with Crippen LogP contribution < -0.4 is 5.56 Å². The van der Waals surface area contributed by atoms with E-state index in [4.69, 9.17) is 0 Å². The van der Waals surface area contributed by atoms with Crippen LogP contribution in [0.1, 0.15) is 33.0 Å². The molecule has 0 fully saturated rings. The lowest BCUT2D eigenvalue weighted by molar-refractivity contribution is 0.509. The number of rotatable bonds is 4. The first-order valence-electron chi connectivity index (χ1n) is 7.21. The topological polar surface area (TPSA) is 78.0 Å². The van der Waals surface area contributed by atoms with Crippen LogP contribution in [0.15, 0.2) is 17.1 Å². The molecule has 3 aromatic rings. The van der Waals surface area contributed by atoms with E-state index in [0.29, 0.717) is 35.1 Å². The van der Waals surface area contributed by atoms with Gasteiger partial charge in [-0.3, -0.25) is 4.79 Å².